The standard InChI is InChI=1S/C9H14NO.K/c1-6(2)8-5-10-7(3)4-9(8)11;/h6-7,10H,4H2,1-3H3;/q-1;+1. The zero-order valence-electron chi connectivity index (χ0n) is 8.27. The molecule has 0 spiro atoms. The molecule has 0 amide bonds. The molecule has 0 saturated carbocycles. The van der Waals surface area contributed by atoms with E-state index in [0.717, 1.165) is 5.57 Å². The second kappa shape index (κ2) is 5.55. The van der Waals surface area contributed by atoms with Gasteiger partial charge in [-0.05, 0) is 19.4 Å². The Kier molecular flexibility index (Phi) is 5.94. The van der Waals surface area contributed by atoms with Crippen LogP contribution in [-0.4, -0.2) is 11.8 Å². The van der Waals surface area contributed by atoms with E-state index in [-0.39, 0.29) is 63.2 Å². The van der Waals surface area contributed by atoms with Gasteiger partial charge in [0.25, 0.3) is 0 Å². The number of ketones is 1. The molecule has 0 bridgehead atoms. The minimum Gasteiger partial charge on any atom is -0.475 e. The number of hydrogen-bond acceptors (Lipinski definition) is 2. The molecule has 1 unspecified atom stereocenters. The molecular weight excluding hydrogens is 177 g/mol. The van der Waals surface area contributed by atoms with Crippen LogP contribution in [0.4, 0.5) is 0 Å². The number of carbonyl (C=O) groups is 1. The smallest absolute Gasteiger partial charge is 0.475 e. The molecule has 62 valence electrons. The molecule has 0 aromatic rings. The fourth-order valence-electron chi connectivity index (χ4n) is 1.18. The minimum absolute atomic E-state index is 0. The van der Waals surface area contributed by atoms with Gasteiger partial charge in [-0.3, -0.25) is 0 Å². The fraction of sp³-hybridized carbons (Fsp3) is 0.667. The third-order valence-corrected chi connectivity index (χ3v) is 1.82. The Bertz CT molecular complexity index is 199. The van der Waals surface area contributed by atoms with Crippen LogP contribution in [0.3, 0.4) is 0 Å². The van der Waals surface area contributed by atoms with Crippen molar-refractivity contribution in [2.45, 2.75) is 33.2 Å². The van der Waals surface area contributed by atoms with Crippen LogP contribution in [0.2, 0.25) is 0 Å². The number of nitrogens with one attached hydrogen (secondary N) is 1. The number of rotatable bonds is 1. The van der Waals surface area contributed by atoms with Crippen LogP contribution < -0.4 is 56.7 Å². The Morgan fingerprint density at radius 3 is 2.58 bits per heavy atom. The molecule has 1 heterocycles. The van der Waals surface area contributed by atoms with Crippen molar-refractivity contribution in [3.63, 3.8) is 0 Å². The molecule has 0 fully saturated rings. The fourth-order valence-corrected chi connectivity index (χ4v) is 1.18. The Hall–Kier alpha value is 0.846. The monoisotopic (exact) mass is 191 g/mol. The summed E-state index contributed by atoms with van der Waals surface area (Å²) in [6.07, 6.45) is 3.55. The molecule has 1 N–H and O–H groups in total. The van der Waals surface area contributed by atoms with Crippen molar-refractivity contribution in [3.8, 4) is 0 Å². The van der Waals surface area contributed by atoms with Gasteiger partial charge in [0.2, 0.25) is 0 Å². The van der Waals surface area contributed by atoms with E-state index in [1.807, 2.05) is 20.8 Å². The molecular formula is C9H14KNO. The van der Waals surface area contributed by atoms with E-state index < -0.39 is 0 Å². The molecule has 2 nitrogen and oxygen atoms in total. The molecule has 0 radical (unpaired) electrons. The summed E-state index contributed by atoms with van der Waals surface area (Å²) in [5.41, 5.74) is 0.808. The Balaban J connectivity index is 0.00000121. The zero-order chi connectivity index (χ0) is 8.43. The van der Waals surface area contributed by atoms with Crippen LogP contribution >= 0.6 is 0 Å². The van der Waals surface area contributed by atoms with E-state index in [2.05, 4.69) is 11.5 Å². The van der Waals surface area contributed by atoms with Gasteiger partial charge in [-0.15, -0.1) is 0 Å². The van der Waals surface area contributed by atoms with Crippen molar-refractivity contribution in [3.05, 3.63) is 11.8 Å². The first kappa shape index (κ1) is 12.8. The maximum atomic E-state index is 11.3. The number of Topliss-reactive ketones (excluding diaryl/α,β-unsaturated/α-hetero) is 1. The normalized spacial score (nSPS) is 22.8. The molecule has 0 aromatic heterocycles. The van der Waals surface area contributed by atoms with E-state index >= 15 is 0 Å². The average Bonchev–Trinajstić information content (AvgIpc) is 1.85. The van der Waals surface area contributed by atoms with E-state index in [0.29, 0.717) is 12.3 Å². The van der Waals surface area contributed by atoms with E-state index in [1.54, 1.807) is 0 Å². The topological polar surface area (TPSA) is 29.1 Å². The molecule has 3 heteroatoms. The van der Waals surface area contributed by atoms with Crippen molar-refractivity contribution in [1.82, 2.24) is 5.32 Å². The number of hydrogen-bond donors (Lipinski definition) is 1. The summed E-state index contributed by atoms with van der Waals surface area (Å²) in [5.74, 6) is 0.536. The predicted molar refractivity (Wildman–Crippen MR) is 43.8 cm³/mol. The molecule has 0 saturated heterocycles. The quantitative estimate of drug-likeness (QED) is 0.395. The first-order valence-electron chi connectivity index (χ1n) is 4.03. The van der Waals surface area contributed by atoms with Gasteiger partial charge in [-0.1, -0.05) is 19.8 Å². The van der Waals surface area contributed by atoms with Crippen LogP contribution in [-0.2, 0) is 4.79 Å². The maximum absolute atomic E-state index is 11.3. The summed E-state index contributed by atoms with van der Waals surface area (Å²) < 4.78 is 0. The van der Waals surface area contributed by atoms with Crippen molar-refractivity contribution in [1.29, 1.82) is 0 Å². The van der Waals surface area contributed by atoms with Gasteiger partial charge in [-0.25, -0.2) is 0 Å². The van der Waals surface area contributed by atoms with Gasteiger partial charge in [0, 0.05) is 5.78 Å². The first-order chi connectivity index (χ1) is 5.11. The molecule has 0 aliphatic carbocycles. The third kappa shape index (κ3) is 3.30. The largest absolute Gasteiger partial charge is 1.00 e. The van der Waals surface area contributed by atoms with Crippen LogP contribution in [0.15, 0.2) is 5.57 Å². The van der Waals surface area contributed by atoms with Gasteiger partial charge in [0.15, 0.2) is 0 Å². The third-order valence-electron chi connectivity index (χ3n) is 1.82. The van der Waals surface area contributed by atoms with Crippen molar-refractivity contribution in [2.24, 2.45) is 5.92 Å². The van der Waals surface area contributed by atoms with Gasteiger partial charge in [-0.2, -0.15) is 11.8 Å². The van der Waals surface area contributed by atoms with Crippen molar-refractivity contribution >= 4 is 5.78 Å². The second-order valence-corrected chi connectivity index (χ2v) is 3.37. The Morgan fingerprint density at radius 1 is 1.58 bits per heavy atom. The molecule has 12 heavy (non-hydrogen) atoms. The minimum atomic E-state index is 0. The molecule has 1 rings (SSSR count). The predicted octanol–water partition coefficient (Wildman–Crippen LogP) is -1.72. The Labute approximate surface area is 117 Å². The Morgan fingerprint density at radius 2 is 2.17 bits per heavy atom. The SMILES string of the molecule is CC1CC(=O)C(C(C)C)=[C-]N1.[K+]. The molecule has 1 aliphatic rings. The van der Waals surface area contributed by atoms with Gasteiger partial charge >= 0.3 is 51.4 Å². The summed E-state index contributed by atoms with van der Waals surface area (Å²) in [7, 11) is 0. The summed E-state index contributed by atoms with van der Waals surface area (Å²) >= 11 is 0. The van der Waals surface area contributed by atoms with Gasteiger partial charge in [0.1, 0.15) is 0 Å². The summed E-state index contributed by atoms with van der Waals surface area (Å²) in [6.45, 7) is 6.01. The zero-order valence-corrected chi connectivity index (χ0v) is 11.4. The molecule has 0 aromatic carbocycles. The van der Waals surface area contributed by atoms with Crippen molar-refractivity contribution in [2.75, 3.05) is 0 Å². The van der Waals surface area contributed by atoms with Crippen molar-refractivity contribution < 1.29 is 56.2 Å². The average molecular weight is 191 g/mol. The first-order valence-corrected chi connectivity index (χ1v) is 4.03. The summed E-state index contributed by atoms with van der Waals surface area (Å²) in [5, 5.41) is 3.04. The van der Waals surface area contributed by atoms with Gasteiger partial charge in [0.05, 0.1) is 0 Å². The van der Waals surface area contributed by atoms with E-state index in [4.69, 9.17) is 0 Å². The van der Waals surface area contributed by atoms with E-state index in [1.165, 1.54) is 0 Å². The van der Waals surface area contributed by atoms with Crippen LogP contribution in [0.25, 0.3) is 0 Å². The number of allylic oxidation sites excluding steroid dienone is 1. The van der Waals surface area contributed by atoms with Crippen LogP contribution in [0, 0.1) is 12.1 Å². The summed E-state index contributed by atoms with van der Waals surface area (Å²) in [6, 6.07) is 0.255. The van der Waals surface area contributed by atoms with Crippen LogP contribution in [0.5, 0.6) is 0 Å². The summed E-state index contributed by atoms with van der Waals surface area (Å²) in [4.78, 5) is 11.3. The second-order valence-electron chi connectivity index (χ2n) is 3.37. The van der Waals surface area contributed by atoms with Crippen LogP contribution in [0.1, 0.15) is 27.2 Å². The van der Waals surface area contributed by atoms with Gasteiger partial charge < -0.3 is 10.1 Å². The number of carbonyl (C=O) groups excluding carboxylic acids is 1. The maximum Gasteiger partial charge on any atom is 1.00 e. The molecule has 1 aliphatic heterocycles. The molecule has 1 atom stereocenters. The van der Waals surface area contributed by atoms with E-state index in [9.17, 15) is 4.79 Å².